The second-order valence-electron chi connectivity index (χ2n) is 6.51. The maximum atomic E-state index is 11.6. The molecule has 0 bridgehead atoms. The topological polar surface area (TPSA) is 57.2 Å². The first kappa shape index (κ1) is 21.5. The Bertz CT molecular complexity index is 402. The third-order valence-corrected chi connectivity index (χ3v) is 4.34. The van der Waals surface area contributed by atoms with Gasteiger partial charge in [-0.25, -0.2) is 0 Å². The molecule has 7 heteroatoms. The normalized spacial score (nSPS) is 17.8. The van der Waals surface area contributed by atoms with Crippen LogP contribution in [-0.4, -0.2) is 74.7 Å². The second kappa shape index (κ2) is 11.9. The number of hydrogen-bond donors (Lipinski definition) is 1. The fourth-order valence-electron chi connectivity index (χ4n) is 2.70. The van der Waals surface area contributed by atoms with E-state index in [0.29, 0.717) is 5.91 Å². The van der Waals surface area contributed by atoms with E-state index in [1.165, 1.54) is 12.8 Å². The Morgan fingerprint density at radius 2 is 2.25 bits per heavy atom. The highest BCUT2D eigenvalue weighted by Crippen LogP contribution is 2.28. The Morgan fingerprint density at radius 3 is 2.88 bits per heavy atom. The minimum atomic E-state index is 0. The van der Waals surface area contributed by atoms with Gasteiger partial charge in [0.05, 0.1) is 6.61 Å². The number of carbonyl (C=O) groups is 1. The van der Waals surface area contributed by atoms with Gasteiger partial charge in [-0.2, -0.15) is 0 Å². The molecule has 0 atom stereocenters. The van der Waals surface area contributed by atoms with Crippen molar-refractivity contribution in [2.24, 2.45) is 10.9 Å². The summed E-state index contributed by atoms with van der Waals surface area (Å²) in [6.45, 7) is 7.94. The molecule has 1 aliphatic carbocycles. The van der Waals surface area contributed by atoms with Crippen LogP contribution in [0.2, 0.25) is 0 Å². The number of amides is 1. The van der Waals surface area contributed by atoms with Crippen LogP contribution in [0.5, 0.6) is 0 Å². The Hall–Kier alpha value is -0.570. The van der Waals surface area contributed by atoms with E-state index >= 15 is 0 Å². The van der Waals surface area contributed by atoms with Crippen LogP contribution in [0.15, 0.2) is 4.99 Å². The predicted molar refractivity (Wildman–Crippen MR) is 108 cm³/mol. The van der Waals surface area contributed by atoms with Crippen molar-refractivity contribution in [2.45, 2.75) is 39.0 Å². The van der Waals surface area contributed by atoms with Gasteiger partial charge in [-0.15, -0.1) is 24.0 Å². The Morgan fingerprint density at radius 1 is 1.46 bits per heavy atom. The summed E-state index contributed by atoms with van der Waals surface area (Å²) < 4.78 is 5.69. The average Bonchev–Trinajstić information content (AvgIpc) is 3.28. The summed E-state index contributed by atoms with van der Waals surface area (Å²) in [5.41, 5.74) is 0. The molecule has 6 nitrogen and oxygen atoms in total. The number of likely N-dealkylation sites (N-methyl/N-ethyl adjacent to an activating group) is 1. The fraction of sp³-hybridized carbons (Fsp3) is 0.882. The monoisotopic (exact) mass is 452 g/mol. The predicted octanol–water partition coefficient (Wildman–Crippen LogP) is 1.94. The van der Waals surface area contributed by atoms with E-state index in [1.807, 2.05) is 11.9 Å². The van der Waals surface area contributed by atoms with Crippen LogP contribution in [0.4, 0.5) is 0 Å². The van der Waals surface area contributed by atoms with E-state index in [2.05, 4.69) is 22.1 Å². The van der Waals surface area contributed by atoms with Crippen molar-refractivity contribution < 1.29 is 9.53 Å². The van der Waals surface area contributed by atoms with E-state index < -0.39 is 0 Å². The molecule has 1 N–H and O–H groups in total. The minimum Gasteiger partial charge on any atom is -0.379 e. The van der Waals surface area contributed by atoms with Crippen molar-refractivity contribution in [3.63, 3.8) is 0 Å². The molecule has 0 unspecified atom stereocenters. The molecule has 0 aromatic rings. The summed E-state index contributed by atoms with van der Waals surface area (Å²) in [5.74, 6) is 2.04. The summed E-state index contributed by atoms with van der Waals surface area (Å²) in [4.78, 5) is 20.3. The van der Waals surface area contributed by atoms with Crippen LogP contribution >= 0.6 is 24.0 Å². The molecule has 0 aromatic heterocycles. The number of halogens is 1. The van der Waals surface area contributed by atoms with E-state index in [-0.39, 0.29) is 24.0 Å². The van der Waals surface area contributed by atoms with E-state index in [9.17, 15) is 4.79 Å². The van der Waals surface area contributed by atoms with Gasteiger partial charge >= 0.3 is 0 Å². The lowest BCUT2D eigenvalue weighted by atomic mass is 10.4. The highest BCUT2D eigenvalue weighted by Gasteiger charge is 2.21. The number of guanidine groups is 1. The molecule has 0 aromatic carbocycles. The van der Waals surface area contributed by atoms with Gasteiger partial charge < -0.3 is 19.9 Å². The SMILES string of the molecule is CCNC(=NCCCN1CCCC1=O)N(C)CCOCC1CC1.I. The number of ether oxygens (including phenoxy) is 1. The molecule has 1 amide bonds. The second-order valence-corrected chi connectivity index (χ2v) is 6.51. The highest BCUT2D eigenvalue weighted by atomic mass is 127. The van der Waals surface area contributed by atoms with Crippen molar-refractivity contribution in [2.75, 3.05) is 53.0 Å². The molecule has 0 radical (unpaired) electrons. The van der Waals surface area contributed by atoms with Crippen LogP contribution in [0.25, 0.3) is 0 Å². The zero-order valence-corrected chi connectivity index (χ0v) is 17.5. The Kier molecular flexibility index (Phi) is 10.6. The molecule has 1 aliphatic heterocycles. The number of carbonyl (C=O) groups excluding carboxylic acids is 1. The van der Waals surface area contributed by atoms with E-state index in [1.54, 1.807) is 0 Å². The third kappa shape index (κ3) is 8.00. The van der Waals surface area contributed by atoms with E-state index in [0.717, 1.165) is 77.1 Å². The Labute approximate surface area is 163 Å². The smallest absolute Gasteiger partial charge is 0.222 e. The maximum Gasteiger partial charge on any atom is 0.222 e. The number of nitrogens with one attached hydrogen (secondary N) is 1. The van der Waals surface area contributed by atoms with Gasteiger partial charge in [0.25, 0.3) is 0 Å². The Balaban J connectivity index is 0.00000288. The van der Waals surface area contributed by atoms with Crippen LogP contribution in [0.1, 0.15) is 39.0 Å². The molecule has 1 saturated carbocycles. The standard InChI is InChI=1S/C17H32N4O2.HI/c1-3-18-17(20(2)12-13-23-14-15-7-8-15)19-9-5-11-21-10-4-6-16(21)22;/h15H,3-14H2,1-2H3,(H,18,19);1H. The molecule has 1 saturated heterocycles. The van der Waals surface area contributed by atoms with Crippen LogP contribution in [0.3, 0.4) is 0 Å². The van der Waals surface area contributed by atoms with Crippen molar-refractivity contribution in [1.82, 2.24) is 15.1 Å². The lowest BCUT2D eigenvalue weighted by Crippen LogP contribution is -2.40. The number of likely N-dealkylation sites (tertiary alicyclic amines) is 1. The molecular weight excluding hydrogens is 419 g/mol. The lowest BCUT2D eigenvalue weighted by Gasteiger charge is -2.22. The molecule has 2 fully saturated rings. The molecule has 1 heterocycles. The maximum absolute atomic E-state index is 11.6. The summed E-state index contributed by atoms with van der Waals surface area (Å²) in [6, 6.07) is 0. The van der Waals surface area contributed by atoms with Crippen molar-refractivity contribution in [3.8, 4) is 0 Å². The van der Waals surface area contributed by atoms with Crippen LogP contribution in [0, 0.1) is 5.92 Å². The van der Waals surface area contributed by atoms with Crippen molar-refractivity contribution in [3.05, 3.63) is 0 Å². The molecule has 0 spiro atoms. The van der Waals surface area contributed by atoms with Gasteiger partial charge in [-0.05, 0) is 38.5 Å². The number of hydrogen-bond acceptors (Lipinski definition) is 3. The van der Waals surface area contributed by atoms with Gasteiger partial charge in [0.15, 0.2) is 5.96 Å². The molecule has 2 rings (SSSR count). The van der Waals surface area contributed by atoms with Crippen LogP contribution in [-0.2, 0) is 9.53 Å². The first-order chi connectivity index (χ1) is 11.2. The fourth-order valence-corrected chi connectivity index (χ4v) is 2.70. The third-order valence-electron chi connectivity index (χ3n) is 4.34. The highest BCUT2D eigenvalue weighted by molar-refractivity contribution is 14.0. The van der Waals surface area contributed by atoms with Gasteiger partial charge in [0, 0.05) is 52.8 Å². The van der Waals surface area contributed by atoms with Crippen LogP contribution < -0.4 is 5.32 Å². The zero-order valence-electron chi connectivity index (χ0n) is 15.1. The van der Waals surface area contributed by atoms with Crippen molar-refractivity contribution >= 4 is 35.8 Å². The van der Waals surface area contributed by atoms with Gasteiger partial charge in [-0.1, -0.05) is 0 Å². The van der Waals surface area contributed by atoms with Crippen molar-refractivity contribution in [1.29, 1.82) is 0 Å². The summed E-state index contributed by atoms with van der Waals surface area (Å²) in [5, 5.41) is 3.32. The first-order valence-corrected chi connectivity index (χ1v) is 9.05. The number of rotatable bonds is 10. The summed E-state index contributed by atoms with van der Waals surface area (Å²) >= 11 is 0. The largest absolute Gasteiger partial charge is 0.379 e. The zero-order chi connectivity index (χ0) is 16.5. The summed E-state index contributed by atoms with van der Waals surface area (Å²) in [6.07, 6.45) is 5.31. The quantitative estimate of drug-likeness (QED) is 0.238. The van der Waals surface area contributed by atoms with Gasteiger partial charge in [0.1, 0.15) is 0 Å². The molecule has 140 valence electrons. The first-order valence-electron chi connectivity index (χ1n) is 9.05. The average molecular weight is 452 g/mol. The lowest BCUT2D eigenvalue weighted by molar-refractivity contribution is -0.127. The van der Waals surface area contributed by atoms with E-state index in [4.69, 9.17) is 4.74 Å². The molecule has 24 heavy (non-hydrogen) atoms. The number of nitrogens with zero attached hydrogens (tertiary/aromatic N) is 3. The summed E-state index contributed by atoms with van der Waals surface area (Å²) in [7, 11) is 2.05. The minimum absolute atomic E-state index is 0. The van der Waals surface area contributed by atoms with Gasteiger partial charge in [0.2, 0.25) is 5.91 Å². The van der Waals surface area contributed by atoms with Gasteiger partial charge in [-0.3, -0.25) is 9.79 Å². The molecular formula is C17H33IN4O2. The molecule has 2 aliphatic rings. The number of aliphatic imine (C=N–C) groups is 1.